The highest BCUT2D eigenvalue weighted by Gasteiger charge is 2.32. The van der Waals surface area contributed by atoms with E-state index in [1.165, 1.54) is 6.42 Å². The van der Waals surface area contributed by atoms with Crippen molar-refractivity contribution in [1.29, 1.82) is 5.26 Å². The van der Waals surface area contributed by atoms with Crippen molar-refractivity contribution in [3.05, 3.63) is 0 Å². The van der Waals surface area contributed by atoms with Crippen LogP contribution < -0.4 is 5.32 Å². The van der Waals surface area contributed by atoms with Gasteiger partial charge in [-0.25, -0.2) is 0 Å². The number of nitrogens with zero attached hydrogens (tertiary/aromatic N) is 1. The predicted octanol–water partition coefficient (Wildman–Crippen LogP) is 3.24. The predicted molar refractivity (Wildman–Crippen MR) is 78.7 cm³/mol. The molecule has 0 unspecified atom stereocenters. The van der Waals surface area contributed by atoms with Crippen LogP contribution in [-0.4, -0.2) is 23.8 Å². The second-order valence-corrected chi connectivity index (χ2v) is 7.00. The maximum Gasteiger partial charge on any atom is 0.0771 e. The summed E-state index contributed by atoms with van der Waals surface area (Å²) in [5.74, 6) is 0.812. The minimum atomic E-state index is -0.503. The van der Waals surface area contributed by atoms with Crippen LogP contribution in [0.2, 0.25) is 0 Å². The van der Waals surface area contributed by atoms with Crippen molar-refractivity contribution in [1.82, 2.24) is 5.32 Å². The molecule has 0 saturated heterocycles. The summed E-state index contributed by atoms with van der Waals surface area (Å²) in [6.07, 6.45) is 6.93. The van der Waals surface area contributed by atoms with E-state index in [-0.39, 0.29) is 5.41 Å². The van der Waals surface area contributed by atoms with Crippen molar-refractivity contribution < 1.29 is 5.11 Å². The highest BCUT2D eigenvalue weighted by Crippen LogP contribution is 2.33. The Kier molecular flexibility index (Phi) is 6.29. The largest absolute Gasteiger partial charge is 0.389 e. The molecular formula is C16H30N2O. The van der Waals surface area contributed by atoms with E-state index in [4.69, 9.17) is 5.26 Å². The molecule has 110 valence electrons. The minimum absolute atomic E-state index is 0.132. The molecule has 19 heavy (non-hydrogen) atoms. The summed E-state index contributed by atoms with van der Waals surface area (Å²) >= 11 is 0. The van der Waals surface area contributed by atoms with Crippen LogP contribution >= 0.6 is 0 Å². The van der Waals surface area contributed by atoms with Gasteiger partial charge in [0.05, 0.1) is 11.7 Å². The van der Waals surface area contributed by atoms with Crippen molar-refractivity contribution in [3.8, 4) is 6.07 Å². The summed E-state index contributed by atoms with van der Waals surface area (Å²) in [7, 11) is 0. The Bertz CT molecular complexity index is 298. The van der Waals surface area contributed by atoms with Crippen molar-refractivity contribution in [3.63, 3.8) is 0 Å². The van der Waals surface area contributed by atoms with E-state index < -0.39 is 5.60 Å². The number of hydrogen-bond acceptors (Lipinski definition) is 3. The Labute approximate surface area is 118 Å². The standard InChI is InChI=1S/C16H30N2O/c1-4-14-6-9-16(19,10-7-14)13-18-12-15(2,3)8-5-11-17/h14,18-19H,4-10,12-13H2,1-3H3. The number of nitriles is 1. The molecule has 0 aromatic heterocycles. The normalized spacial score (nSPS) is 28.1. The fourth-order valence-electron chi connectivity index (χ4n) is 2.92. The van der Waals surface area contributed by atoms with Crippen molar-refractivity contribution in [2.45, 2.75) is 71.3 Å². The average molecular weight is 266 g/mol. The van der Waals surface area contributed by atoms with Crippen LogP contribution in [0.3, 0.4) is 0 Å². The lowest BCUT2D eigenvalue weighted by Crippen LogP contribution is -2.45. The van der Waals surface area contributed by atoms with Gasteiger partial charge < -0.3 is 10.4 Å². The Balaban J connectivity index is 2.27. The van der Waals surface area contributed by atoms with Gasteiger partial charge in [0.15, 0.2) is 0 Å². The molecule has 0 radical (unpaired) electrons. The van der Waals surface area contributed by atoms with Gasteiger partial charge in [-0.2, -0.15) is 5.26 Å². The summed E-state index contributed by atoms with van der Waals surface area (Å²) in [5, 5.41) is 22.6. The molecular weight excluding hydrogens is 236 g/mol. The SMILES string of the molecule is CCC1CCC(O)(CNCC(C)(C)CCC#N)CC1. The fraction of sp³-hybridized carbons (Fsp3) is 0.938. The quantitative estimate of drug-likeness (QED) is 0.744. The molecule has 3 nitrogen and oxygen atoms in total. The second kappa shape index (κ2) is 7.26. The smallest absolute Gasteiger partial charge is 0.0771 e. The van der Waals surface area contributed by atoms with Crippen molar-refractivity contribution in [2.24, 2.45) is 11.3 Å². The summed E-state index contributed by atoms with van der Waals surface area (Å²) in [5.41, 5.74) is -0.371. The first-order valence-electron chi connectivity index (χ1n) is 7.71. The van der Waals surface area contributed by atoms with Crippen LogP contribution in [-0.2, 0) is 0 Å². The maximum absolute atomic E-state index is 10.5. The maximum atomic E-state index is 10.5. The zero-order valence-corrected chi connectivity index (χ0v) is 12.8. The molecule has 1 rings (SSSR count). The monoisotopic (exact) mass is 266 g/mol. The van der Waals surface area contributed by atoms with Gasteiger partial charge in [0.25, 0.3) is 0 Å². The van der Waals surface area contributed by atoms with Crippen LogP contribution in [0, 0.1) is 22.7 Å². The van der Waals surface area contributed by atoms with Gasteiger partial charge in [-0.1, -0.05) is 27.2 Å². The second-order valence-electron chi connectivity index (χ2n) is 7.00. The molecule has 0 aromatic rings. The van der Waals surface area contributed by atoms with E-state index >= 15 is 0 Å². The van der Waals surface area contributed by atoms with E-state index in [9.17, 15) is 5.11 Å². The van der Waals surface area contributed by atoms with Crippen LogP contribution in [0.15, 0.2) is 0 Å². The Morgan fingerprint density at radius 1 is 1.37 bits per heavy atom. The molecule has 1 aliphatic carbocycles. The zero-order valence-electron chi connectivity index (χ0n) is 12.8. The molecule has 2 N–H and O–H groups in total. The molecule has 0 spiro atoms. The van der Waals surface area contributed by atoms with Gasteiger partial charge >= 0.3 is 0 Å². The Morgan fingerprint density at radius 2 is 2.00 bits per heavy atom. The van der Waals surface area contributed by atoms with Gasteiger partial charge in [-0.3, -0.25) is 0 Å². The van der Waals surface area contributed by atoms with E-state index in [2.05, 4.69) is 32.2 Å². The number of rotatable bonds is 7. The van der Waals surface area contributed by atoms with Gasteiger partial charge in [0.1, 0.15) is 0 Å². The topological polar surface area (TPSA) is 56.0 Å². The molecule has 0 bridgehead atoms. The van der Waals surface area contributed by atoms with Crippen LogP contribution in [0.25, 0.3) is 0 Å². The molecule has 0 aliphatic heterocycles. The Morgan fingerprint density at radius 3 is 2.53 bits per heavy atom. The van der Waals surface area contributed by atoms with E-state index in [0.717, 1.165) is 44.6 Å². The van der Waals surface area contributed by atoms with Gasteiger partial charge in [0, 0.05) is 19.5 Å². The van der Waals surface area contributed by atoms with Crippen molar-refractivity contribution in [2.75, 3.05) is 13.1 Å². The molecule has 0 heterocycles. The van der Waals surface area contributed by atoms with Crippen molar-refractivity contribution >= 4 is 0 Å². The third kappa shape index (κ3) is 5.93. The Hall–Kier alpha value is -0.590. The minimum Gasteiger partial charge on any atom is -0.389 e. The summed E-state index contributed by atoms with van der Waals surface area (Å²) in [6.45, 7) is 8.16. The summed E-state index contributed by atoms with van der Waals surface area (Å²) in [4.78, 5) is 0. The van der Waals surface area contributed by atoms with Crippen LogP contribution in [0.5, 0.6) is 0 Å². The van der Waals surface area contributed by atoms with E-state index in [1.807, 2.05) is 0 Å². The first-order valence-corrected chi connectivity index (χ1v) is 7.71. The highest BCUT2D eigenvalue weighted by molar-refractivity contribution is 4.88. The lowest BCUT2D eigenvalue weighted by molar-refractivity contribution is -0.0101. The number of nitrogens with one attached hydrogen (secondary N) is 1. The fourth-order valence-corrected chi connectivity index (χ4v) is 2.92. The molecule has 3 heteroatoms. The lowest BCUT2D eigenvalue weighted by atomic mass is 9.77. The number of hydrogen-bond donors (Lipinski definition) is 2. The summed E-state index contributed by atoms with van der Waals surface area (Å²) in [6, 6.07) is 2.21. The van der Waals surface area contributed by atoms with Gasteiger partial charge in [-0.05, 0) is 43.4 Å². The third-order valence-corrected chi connectivity index (χ3v) is 4.58. The van der Waals surface area contributed by atoms with E-state index in [0.29, 0.717) is 13.0 Å². The van der Waals surface area contributed by atoms with Crippen LogP contribution in [0.4, 0.5) is 0 Å². The molecule has 1 aliphatic rings. The molecule has 0 atom stereocenters. The third-order valence-electron chi connectivity index (χ3n) is 4.58. The number of aliphatic hydroxyl groups is 1. The molecule has 1 saturated carbocycles. The highest BCUT2D eigenvalue weighted by atomic mass is 16.3. The lowest BCUT2D eigenvalue weighted by Gasteiger charge is -2.37. The molecule has 0 aromatic carbocycles. The first-order chi connectivity index (χ1) is 8.91. The van der Waals surface area contributed by atoms with Crippen LogP contribution in [0.1, 0.15) is 65.7 Å². The summed E-state index contributed by atoms with van der Waals surface area (Å²) < 4.78 is 0. The molecule has 1 fully saturated rings. The molecule has 0 amide bonds. The zero-order chi connectivity index (χ0) is 14.4. The average Bonchev–Trinajstić information content (AvgIpc) is 2.37. The first kappa shape index (κ1) is 16.5. The van der Waals surface area contributed by atoms with Gasteiger partial charge in [-0.15, -0.1) is 0 Å². The van der Waals surface area contributed by atoms with Gasteiger partial charge in [0.2, 0.25) is 0 Å². The van der Waals surface area contributed by atoms with E-state index in [1.54, 1.807) is 0 Å².